The van der Waals surface area contributed by atoms with Crippen molar-refractivity contribution in [2.75, 3.05) is 6.54 Å². The molecule has 0 radical (unpaired) electrons. The van der Waals surface area contributed by atoms with Gasteiger partial charge in [0.05, 0.1) is 9.74 Å². The predicted octanol–water partition coefficient (Wildman–Crippen LogP) is 4.60. The Hall–Kier alpha value is -1.71. The highest BCUT2D eigenvalue weighted by molar-refractivity contribution is 14.1. The summed E-state index contributed by atoms with van der Waals surface area (Å²) in [5.74, 6) is -0.161. The van der Waals surface area contributed by atoms with Crippen LogP contribution in [0.15, 0.2) is 30.3 Å². The molecule has 134 valence electrons. The molecule has 1 aromatic heterocycles. The van der Waals surface area contributed by atoms with Crippen molar-refractivity contribution in [1.29, 1.82) is 0 Å². The Labute approximate surface area is 156 Å². The molecule has 1 aliphatic heterocycles. The number of benzene rings is 1. The van der Waals surface area contributed by atoms with Crippen molar-refractivity contribution < 1.29 is 22.7 Å². The van der Waals surface area contributed by atoms with Crippen LogP contribution in [0.4, 0.5) is 13.2 Å². The predicted molar refractivity (Wildman–Crippen MR) is 95.5 cm³/mol. The molecule has 0 saturated carbocycles. The molecule has 8 heteroatoms. The van der Waals surface area contributed by atoms with Gasteiger partial charge in [0.2, 0.25) is 0 Å². The maximum atomic E-state index is 12.5. The van der Waals surface area contributed by atoms with E-state index < -0.39 is 6.36 Å². The van der Waals surface area contributed by atoms with Gasteiger partial charge in [0.15, 0.2) is 0 Å². The monoisotopic (exact) mass is 464 g/mol. The number of fused-ring (bicyclic) bond motifs is 1. The molecule has 1 aromatic carbocycles. The van der Waals surface area contributed by atoms with Gasteiger partial charge in [-0.25, -0.2) is 0 Å². The summed E-state index contributed by atoms with van der Waals surface area (Å²) in [5, 5.41) is 2.87. The van der Waals surface area contributed by atoms with Crippen LogP contribution in [-0.4, -0.2) is 23.4 Å². The molecule has 0 fully saturated rings. The molecule has 1 amide bonds. The largest absolute Gasteiger partial charge is 0.573 e. The van der Waals surface area contributed by atoms with Gasteiger partial charge in [0, 0.05) is 12.1 Å². The number of carbonyl (C=O) groups is 1. The van der Waals surface area contributed by atoms with E-state index in [-0.39, 0.29) is 17.7 Å². The number of halogens is 4. The zero-order valence-electron chi connectivity index (χ0n) is 13.5. The number of hydrogen-bond donors (Lipinski definition) is 1. The third kappa shape index (κ3) is 3.63. The molecular formula is C17H16F3IN2O2. The third-order valence-electron chi connectivity index (χ3n) is 4.16. The van der Waals surface area contributed by atoms with Gasteiger partial charge in [-0.15, -0.1) is 13.2 Å². The Kier molecular flexibility index (Phi) is 4.74. The van der Waals surface area contributed by atoms with E-state index in [0.29, 0.717) is 29.3 Å². The molecule has 0 bridgehead atoms. The first-order valence-corrected chi connectivity index (χ1v) is 8.80. The molecule has 0 aliphatic carbocycles. The lowest BCUT2D eigenvalue weighted by Gasteiger charge is -2.30. The molecule has 1 atom stereocenters. The summed E-state index contributed by atoms with van der Waals surface area (Å²) in [6.45, 7) is 4.67. The highest BCUT2D eigenvalue weighted by Crippen LogP contribution is 2.36. The normalized spacial score (nSPS) is 17.4. The van der Waals surface area contributed by atoms with Gasteiger partial charge in [0.1, 0.15) is 11.4 Å². The first-order valence-electron chi connectivity index (χ1n) is 7.72. The topological polar surface area (TPSA) is 43.3 Å². The van der Waals surface area contributed by atoms with E-state index in [1.807, 2.05) is 4.57 Å². The first-order chi connectivity index (χ1) is 11.7. The van der Waals surface area contributed by atoms with E-state index in [0.717, 1.165) is 3.70 Å². The summed E-state index contributed by atoms with van der Waals surface area (Å²) >= 11 is 2.14. The van der Waals surface area contributed by atoms with Crippen LogP contribution in [0.2, 0.25) is 0 Å². The Morgan fingerprint density at radius 3 is 2.68 bits per heavy atom. The summed E-state index contributed by atoms with van der Waals surface area (Å²) in [6, 6.07) is 7.61. The van der Waals surface area contributed by atoms with E-state index in [1.54, 1.807) is 12.1 Å². The summed E-state index contributed by atoms with van der Waals surface area (Å²) in [6.07, 6.45) is -4.74. The van der Waals surface area contributed by atoms with E-state index >= 15 is 0 Å². The van der Waals surface area contributed by atoms with E-state index in [9.17, 15) is 18.0 Å². The van der Waals surface area contributed by atoms with Crippen LogP contribution in [0.3, 0.4) is 0 Å². The molecule has 2 heterocycles. The number of hydrogen-bond acceptors (Lipinski definition) is 2. The number of rotatable bonds is 3. The van der Waals surface area contributed by atoms with Crippen LogP contribution in [0.1, 0.15) is 30.4 Å². The van der Waals surface area contributed by atoms with Gasteiger partial charge in [-0.05, 0) is 52.3 Å². The maximum Gasteiger partial charge on any atom is 0.573 e. The average molecular weight is 464 g/mol. The number of nitrogens with one attached hydrogen (secondary N) is 1. The number of ether oxygens (including phenoxy) is 1. The molecule has 0 saturated heterocycles. The van der Waals surface area contributed by atoms with Crippen LogP contribution in [0, 0.1) is 9.62 Å². The lowest BCUT2D eigenvalue weighted by atomic mass is 10.0. The molecule has 25 heavy (non-hydrogen) atoms. The Morgan fingerprint density at radius 1 is 1.32 bits per heavy atom. The number of nitrogens with zero attached hydrogens (tertiary/aromatic N) is 1. The van der Waals surface area contributed by atoms with Crippen molar-refractivity contribution in [3.63, 3.8) is 0 Å². The second kappa shape index (κ2) is 6.54. The minimum atomic E-state index is -4.74. The SMILES string of the molecule is CC(C)[C@H]1CNC(=O)c2cc(-c3cccc(OC(F)(F)F)c3)c(I)n21. The number of amides is 1. The fourth-order valence-electron chi connectivity index (χ4n) is 2.98. The van der Waals surface area contributed by atoms with Crippen molar-refractivity contribution >= 4 is 28.5 Å². The summed E-state index contributed by atoms with van der Waals surface area (Å²) in [4.78, 5) is 12.2. The zero-order chi connectivity index (χ0) is 18.4. The second-order valence-corrected chi connectivity index (χ2v) is 7.22. The summed E-state index contributed by atoms with van der Waals surface area (Å²) in [7, 11) is 0. The van der Waals surface area contributed by atoms with Crippen LogP contribution >= 0.6 is 22.6 Å². The fraction of sp³-hybridized carbons (Fsp3) is 0.353. The Balaban J connectivity index is 2.06. The number of carbonyl (C=O) groups excluding carboxylic acids is 1. The molecular weight excluding hydrogens is 448 g/mol. The highest BCUT2D eigenvalue weighted by Gasteiger charge is 2.32. The Bertz CT molecular complexity index is 815. The van der Waals surface area contributed by atoms with Gasteiger partial charge in [0.25, 0.3) is 5.91 Å². The molecule has 3 rings (SSSR count). The van der Waals surface area contributed by atoms with E-state index in [2.05, 4.69) is 46.5 Å². The van der Waals surface area contributed by atoms with Crippen LogP contribution in [0.5, 0.6) is 5.75 Å². The van der Waals surface area contributed by atoms with Gasteiger partial charge >= 0.3 is 6.36 Å². The summed E-state index contributed by atoms with van der Waals surface area (Å²) in [5.41, 5.74) is 1.81. The molecule has 1 aliphatic rings. The third-order valence-corrected chi connectivity index (χ3v) is 5.26. The maximum absolute atomic E-state index is 12.5. The minimum Gasteiger partial charge on any atom is -0.406 e. The highest BCUT2D eigenvalue weighted by atomic mass is 127. The van der Waals surface area contributed by atoms with Gasteiger partial charge in [-0.1, -0.05) is 26.0 Å². The smallest absolute Gasteiger partial charge is 0.406 e. The number of aromatic nitrogens is 1. The minimum absolute atomic E-state index is 0.1000. The van der Waals surface area contributed by atoms with E-state index in [4.69, 9.17) is 0 Å². The lowest BCUT2D eigenvalue weighted by Crippen LogP contribution is -2.41. The molecule has 4 nitrogen and oxygen atoms in total. The van der Waals surface area contributed by atoms with Crippen molar-refractivity contribution in [2.24, 2.45) is 5.92 Å². The van der Waals surface area contributed by atoms with Crippen molar-refractivity contribution in [3.8, 4) is 16.9 Å². The van der Waals surface area contributed by atoms with Gasteiger partial charge in [-0.3, -0.25) is 4.79 Å². The molecule has 2 aromatic rings. The number of alkyl halides is 3. The van der Waals surface area contributed by atoms with Gasteiger partial charge in [-0.2, -0.15) is 0 Å². The van der Waals surface area contributed by atoms with Crippen molar-refractivity contribution in [1.82, 2.24) is 9.88 Å². The summed E-state index contributed by atoms with van der Waals surface area (Å²) < 4.78 is 44.1. The standard InChI is InChI=1S/C17H16F3IN2O2/c1-9(2)14-8-22-16(24)13-7-12(15(21)23(13)14)10-4-3-5-11(6-10)25-17(18,19)20/h3-7,9,14H,8H2,1-2H3,(H,22,24)/t14-/m1/s1. The van der Waals surface area contributed by atoms with Crippen LogP contribution in [-0.2, 0) is 0 Å². The second-order valence-electron chi connectivity index (χ2n) is 6.20. The average Bonchev–Trinajstić information content (AvgIpc) is 2.85. The lowest BCUT2D eigenvalue weighted by molar-refractivity contribution is -0.274. The molecule has 1 N–H and O–H groups in total. The molecule has 0 unspecified atom stereocenters. The Morgan fingerprint density at radius 2 is 2.04 bits per heavy atom. The van der Waals surface area contributed by atoms with E-state index in [1.165, 1.54) is 18.2 Å². The molecule has 0 spiro atoms. The zero-order valence-corrected chi connectivity index (χ0v) is 15.7. The fourth-order valence-corrected chi connectivity index (χ4v) is 4.06. The quantitative estimate of drug-likeness (QED) is 0.676. The van der Waals surface area contributed by atoms with Crippen LogP contribution in [0.25, 0.3) is 11.1 Å². The van der Waals surface area contributed by atoms with Crippen molar-refractivity contribution in [3.05, 3.63) is 39.7 Å². The van der Waals surface area contributed by atoms with Crippen molar-refractivity contribution in [2.45, 2.75) is 26.3 Å². The van der Waals surface area contributed by atoms with Crippen LogP contribution < -0.4 is 10.1 Å². The van der Waals surface area contributed by atoms with Gasteiger partial charge < -0.3 is 14.6 Å². The first kappa shape index (κ1) is 18.1.